The van der Waals surface area contributed by atoms with Gasteiger partial charge in [-0.1, -0.05) is 107 Å². The van der Waals surface area contributed by atoms with Gasteiger partial charge in [-0.05, 0) is 162 Å². The summed E-state index contributed by atoms with van der Waals surface area (Å²) in [5, 5.41) is 27.8. The van der Waals surface area contributed by atoms with Crippen molar-refractivity contribution in [2.45, 2.75) is 105 Å². The highest BCUT2D eigenvalue weighted by Crippen LogP contribution is 2.51. The van der Waals surface area contributed by atoms with Gasteiger partial charge in [-0.25, -0.2) is 0 Å². The van der Waals surface area contributed by atoms with Crippen molar-refractivity contribution in [1.29, 1.82) is 10.5 Å². The van der Waals surface area contributed by atoms with Crippen LogP contribution in [0.4, 0.5) is 0 Å². The van der Waals surface area contributed by atoms with Gasteiger partial charge < -0.3 is 9.13 Å². The first-order valence-corrected chi connectivity index (χ1v) is 22.0. The predicted octanol–water partition coefficient (Wildman–Crippen LogP) is 15.6. The lowest BCUT2D eigenvalue weighted by Crippen LogP contribution is -2.10. The maximum Gasteiger partial charge on any atom is 0.101 e. The molecule has 0 radical (unpaired) electrons. The van der Waals surface area contributed by atoms with Gasteiger partial charge >= 0.3 is 0 Å². The average Bonchev–Trinajstić information content (AvgIpc) is 3.83. The topological polar surface area (TPSA) is 57.4 Å². The zero-order valence-electron chi connectivity index (χ0n) is 38.2. The van der Waals surface area contributed by atoms with Crippen LogP contribution in [-0.2, 0) is 21.7 Å². The minimum Gasteiger partial charge on any atom is -0.309 e. The smallest absolute Gasteiger partial charge is 0.101 e. The summed E-state index contributed by atoms with van der Waals surface area (Å²) in [5.41, 5.74) is 16.8. The van der Waals surface area contributed by atoms with Gasteiger partial charge in [0.2, 0.25) is 0 Å². The van der Waals surface area contributed by atoms with E-state index in [4.69, 9.17) is 0 Å². The third-order valence-corrected chi connectivity index (χ3v) is 13.5. The Kier molecular flexibility index (Phi) is 8.25. The SMILES string of the molecule is CC(C)(C)c1ccc2c(c1)c1cc(C(C)(C)C)ccc1n2-c1cc2c3c(cc(-n4c5ccc(C(C)(C)C)cc5c5cc(C(C)(C)C)ccc54)cc3c1)-c1cc(C#N)c(C#N)cc1-2. The van der Waals surface area contributed by atoms with Crippen LogP contribution >= 0.6 is 0 Å². The molecule has 0 spiro atoms. The van der Waals surface area contributed by atoms with E-state index in [9.17, 15) is 10.5 Å². The number of rotatable bonds is 2. The number of nitriles is 2. The number of hydrogen-bond donors (Lipinski definition) is 0. The maximum atomic E-state index is 10.3. The zero-order chi connectivity index (χ0) is 44.0. The first kappa shape index (κ1) is 39.5. The van der Waals surface area contributed by atoms with Crippen molar-refractivity contribution in [2.24, 2.45) is 0 Å². The minimum atomic E-state index is -0.00814. The molecule has 0 unspecified atom stereocenters. The van der Waals surface area contributed by atoms with Crippen LogP contribution in [-0.4, -0.2) is 9.13 Å². The molecule has 0 saturated carbocycles. The van der Waals surface area contributed by atoms with Crippen LogP contribution in [0.25, 0.3) is 88.0 Å². The fourth-order valence-electron chi connectivity index (χ4n) is 9.87. The van der Waals surface area contributed by atoms with E-state index >= 15 is 0 Å². The Bertz CT molecular complexity index is 3130. The van der Waals surface area contributed by atoms with Crippen molar-refractivity contribution in [2.75, 3.05) is 0 Å². The molecular weight excluding hydrogens is 753 g/mol. The fraction of sp³-hybridized carbons (Fsp3) is 0.276. The Labute approximate surface area is 365 Å². The number of aromatic nitrogens is 2. The second-order valence-electron chi connectivity index (χ2n) is 21.9. The molecule has 1 aliphatic rings. The summed E-state index contributed by atoms with van der Waals surface area (Å²) in [7, 11) is 0. The summed E-state index contributed by atoms with van der Waals surface area (Å²) < 4.78 is 4.86. The molecule has 0 bridgehead atoms. The molecule has 0 aliphatic heterocycles. The highest BCUT2D eigenvalue weighted by molar-refractivity contribution is 6.19. The summed E-state index contributed by atoms with van der Waals surface area (Å²) in [5.74, 6) is 0. The van der Waals surface area contributed by atoms with Crippen LogP contribution in [0.5, 0.6) is 0 Å². The number of fused-ring (bicyclic) bond motifs is 9. The Balaban J connectivity index is 1.32. The Morgan fingerprint density at radius 1 is 0.355 bits per heavy atom. The summed E-state index contributed by atoms with van der Waals surface area (Å²) in [6, 6.07) is 45.8. The van der Waals surface area contributed by atoms with E-state index in [0.29, 0.717) is 11.1 Å². The van der Waals surface area contributed by atoms with E-state index in [1.165, 1.54) is 43.8 Å². The molecule has 4 heteroatoms. The van der Waals surface area contributed by atoms with Crippen LogP contribution in [0.3, 0.4) is 0 Å². The average molecular weight is 807 g/mol. The monoisotopic (exact) mass is 806 g/mol. The summed E-state index contributed by atoms with van der Waals surface area (Å²) in [6.45, 7) is 27.4. The second kappa shape index (κ2) is 13.0. The number of nitrogens with zero attached hydrogens (tertiary/aromatic N) is 4. The number of hydrogen-bond acceptors (Lipinski definition) is 2. The zero-order valence-corrected chi connectivity index (χ0v) is 38.2. The van der Waals surface area contributed by atoms with Crippen LogP contribution in [0.1, 0.15) is 116 Å². The molecule has 0 saturated heterocycles. The van der Waals surface area contributed by atoms with Crippen LogP contribution in [0.15, 0.2) is 109 Å². The van der Waals surface area contributed by atoms with Crippen LogP contribution in [0.2, 0.25) is 0 Å². The molecule has 9 aromatic rings. The lowest BCUT2D eigenvalue weighted by atomic mass is 9.85. The largest absolute Gasteiger partial charge is 0.309 e. The van der Waals surface area contributed by atoms with Crippen LogP contribution < -0.4 is 0 Å². The summed E-state index contributed by atoms with van der Waals surface area (Å²) in [4.78, 5) is 0. The van der Waals surface area contributed by atoms with Gasteiger partial charge in [0.05, 0.1) is 33.2 Å². The van der Waals surface area contributed by atoms with Crippen molar-refractivity contribution in [3.8, 4) is 45.8 Å². The van der Waals surface area contributed by atoms with E-state index in [2.05, 4.69) is 201 Å². The molecule has 0 fully saturated rings. The molecule has 2 heterocycles. The third kappa shape index (κ3) is 5.91. The van der Waals surface area contributed by atoms with E-state index in [0.717, 1.165) is 66.5 Å². The molecule has 7 aromatic carbocycles. The van der Waals surface area contributed by atoms with E-state index in [1.807, 2.05) is 12.1 Å². The van der Waals surface area contributed by atoms with Crippen molar-refractivity contribution < 1.29 is 0 Å². The Morgan fingerprint density at radius 3 is 0.903 bits per heavy atom. The predicted molar refractivity (Wildman–Crippen MR) is 261 cm³/mol. The molecule has 0 N–H and O–H groups in total. The van der Waals surface area contributed by atoms with Gasteiger partial charge in [-0.3, -0.25) is 0 Å². The summed E-state index contributed by atoms with van der Waals surface area (Å²) >= 11 is 0. The molecule has 62 heavy (non-hydrogen) atoms. The molecular formula is C58H54N4. The minimum absolute atomic E-state index is 0.00814. The fourth-order valence-corrected chi connectivity index (χ4v) is 9.87. The number of benzene rings is 7. The van der Waals surface area contributed by atoms with Gasteiger partial charge in [-0.15, -0.1) is 0 Å². The van der Waals surface area contributed by atoms with Crippen LogP contribution in [0, 0.1) is 22.7 Å². The molecule has 0 atom stereocenters. The normalized spacial score (nSPS) is 13.1. The van der Waals surface area contributed by atoms with E-state index in [1.54, 1.807) is 0 Å². The lowest BCUT2D eigenvalue weighted by molar-refractivity contribution is 0.590. The standard InChI is InChI=1S/C58H54N4/c1-55(2,3)36-13-17-50-44(25-36)45-26-37(56(4,5)6)14-18-51(45)61(50)40-21-33-22-41(30-49-43-24-35(32-60)34(31-59)23-42(43)48(29-40)54(33)49)62-52-19-15-38(57(7,8)9)27-46(52)47-28-39(58(10,11)12)16-20-53(47)62/h13-30H,1-12H3. The van der Waals surface area contributed by atoms with E-state index in [-0.39, 0.29) is 21.7 Å². The molecule has 1 aliphatic carbocycles. The summed E-state index contributed by atoms with van der Waals surface area (Å²) in [6.07, 6.45) is 0. The molecule has 10 rings (SSSR count). The maximum absolute atomic E-state index is 10.3. The van der Waals surface area contributed by atoms with Crippen molar-refractivity contribution >= 4 is 54.4 Å². The lowest BCUT2D eigenvalue weighted by Gasteiger charge is -2.19. The highest BCUT2D eigenvalue weighted by atomic mass is 15.0. The second-order valence-corrected chi connectivity index (χ2v) is 21.9. The first-order valence-electron chi connectivity index (χ1n) is 22.0. The first-order chi connectivity index (χ1) is 29.1. The molecule has 4 nitrogen and oxygen atoms in total. The van der Waals surface area contributed by atoms with Gasteiger partial charge in [0.25, 0.3) is 0 Å². The quantitative estimate of drug-likeness (QED) is 0.175. The van der Waals surface area contributed by atoms with E-state index < -0.39 is 0 Å². The van der Waals surface area contributed by atoms with Crippen molar-refractivity contribution in [1.82, 2.24) is 9.13 Å². The van der Waals surface area contributed by atoms with Gasteiger partial charge in [0.15, 0.2) is 0 Å². The van der Waals surface area contributed by atoms with Gasteiger partial charge in [0.1, 0.15) is 12.1 Å². The molecule has 2 aromatic heterocycles. The van der Waals surface area contributed by atoms with Gasteiger partial charge in [0, 0.05) is 32.9 Å². The van der Waals surface area contributed by atoms with Gasteiger partial charge in [-0.2, -0.15) is 10.5 Å². The Morgan fingerprint density at radius 2 is 0.645 bits per heavy atom. The molecule has 0 amide bonds. The van der Waals surface area contributed by atoms with Crippen molar-refractivity contribution in [3.05, 3.63) is 143 Å². The van der Waals surface area contributed by atoms with Crippen molar-refractivity contribution in [3.63, 3.8) is 0 Å². The third-order valence-electron chi connectivity index (χ3n) is 13.5. The highest BCUT2D eigenvalue weighted by Gasteiger charge is 2.29. The molecule has 306 valence electrons. The Hall–Kier alpha value is -6.62.